The van der Waals surface area contributed by atoms with Gasteiger partial charge in [-0.05, 0) is 36.3 Å². The van der Waals surface area contributed by atoms with Crippen LogP contribution in [0.5, 0.6) is 0 Å². The molecule has 0 aliphatic carbocycles. The normalized spacial score (nSPS) is 18.0. The molecule has 0 radical (unpaired) electrons. The van der Waals surface area contributed by atoms with Crippen molar-refractivity contribution in [3.05, 3.63) is 57.8 Å². The van der Waals surface area contributed by atoms with Gasteiger partial charge in [-0.1, -0.05) is 30.3 Å². The third-order valence-electron chi connectivity index (χ3n) is 4.78. The number of rotatable bonds is 2. The lowest BCUT2D eigenvalue weighted by Crippen LogP contribution is -2.47. The number of likely N-dealkylation sites (tertiary alicyclic amines) is 1. The standard InChI is InChI=1S/C19H21N3OS/c23-19(17-6-3-13-24-17)21-15-8-11-22(12-9-15)18-16-5-2-1-4-14(16)7-10-20-18/h1-6,13,15H,7-12H2,(H,21,23). The van der Waals surface area contributed by atoms with E-state index in [1.54, 1.807) is 0 Å². The average Bonchev–Trinajstić information content (AvgIpc) is 3.17. The van der Waals surface area contributed by atoms with Crippen LogP contribution in [0.15, 0.2) is 46.8 Å². The molecule has 1 fully saturated rings. The van der Waals surface area contributed by atoms with Crippen molar-refractivity contribution < 1.29 is 4.79 Å². The summed E-state index contributed by atoms with van der Waals surface area (Å²) < 4.78 is 0. The molecule has 4 nitrogen and oxygen atoms in total. The zero-order chi connectivity index (χ0) is 16.4. The minimum Gasteiger partial charge on any atom is -0.356 e. The number of piperidine rings is 1. The zero-order valence-corrected chi connectivity index (χ0v) is 14.4. The van der Waals surface area contributed by atoms with E-state index in [0.29, 0.717) is 0 Å². The van der Waals surface area contributed by atoms with Crippen LogP contribution in [0.2, 0.25) is 0 Å². The van der Waals surface area contributed by atoms with Crippen molar-refractivity contribution in [3.8, 4) is 0 Å². The predicted molar refractivity (Wildman–Crippen MR) is 97.9 cm³/mol. The molecule has 4 rings (SSSR count). The van der Waals surface area contributed by atoms with Gasteiger partial charge < -0.3 is 10.2 Å². The lowest BCUT2D eigenvalue weighted by Gasteiger charge is -2.36. The molecule has 2 aliphatic heterocycles. The maximum absolute atomic E-state index is 12.2. The molecule has 0 bridgehead atoms. The number of amidine groups is 1. The van der Waals surface area contributed by atoms with Crippen LogP contribution in [0.1, 0.15) is 33.6 Å². The second kappa shape index (κ2) is 6.77. The van der Waals surface area contributed by atoms with Gasteiger partial charge in [-0.25, -0.2) is 0 Å². The van der Waals surface area contributed by atoms with E-state index in [1.807, 2.05) is 17.5 Å². The number of carbonyl (C=O) groups is 1. The molecule has 5 heteroatoms. The van der Waals surface area contributed by atoms with Crippen LogP contribution >= 0.6 is 11.3 Å². The zero-order valence-electron chi connectivity index (χ0n) is 13.6. The Hall–Kier alpha value is -2.14. The fourth-order valence-corrected chi connectivity index (χ4v) is 4.12. The van der Waals surface area contributed by atoms with Crippen LogP contribution in [0, 0.1) is 0 Å². The topological polar surface area (TPSA) is 44.7 Å². The van der Waals surface area contributed by atoms with Gasteiger partial charge in [-0.2, -0.15) is 0 Å². The second-order valence-electron chi connectivity index (χ2n) is 6.32. The quantitative estimate of drug-likeness (QED) is 0.914. The molecule has 1 aromatic heterocycles. The van der Waals surface area contributed by atoms with E-state index in [4.69, 9.17) is 4.99 Å². The molecule has 2 aliphatic rings. The number of nitrogens with zero attached hydrogens (tertiary/aromatic N) is 2. The number of amides is 1. The van der Waals surface area contributed by atoms with Gasteiger partial charge in [0.2, 0.25) is 0 Å². The van der Waals surface area contributed by atoms with Crippen LogP contribution in [-0.2, 0) is 6.42 Å². The number of carbonyl (C=O) groups excluding carboxylic acids is 1. The van der Waals surface area contributed by atoms with E-state index >= 15 is 0 Å². The number of fused-ring (bicyclic) bond motifs is 1. The molecule has 24 heavy (non-hydrogen) atoms. The van der Waals surface area contributed by atoms with Gasteiger partial charge in [0.15, 0.2) is 0 Å². The van der Waals surface area contributed by atoms with Crippen molar-refractivity contribution >= 4 is 23.1 Å². The minimum absolute atomic E-state index is 0.0591. The summed E-state index contributed by atoms with van der Waals surface area (Å²) >= 11 is 1.49. The highest BCUT2D eigenvalue weighted by molar-refractivity contribution is 7.12. The van der Waals surface area contributed by atoms with E-state index < -0.39 is 0 Å². The van der Waals surface area contributed by atoms with E-state index in [-0.39, 0.29) is 11.9 Å². The summed E-state index contributed by atoms with van der Waals surface area (Å²) in [6.07, 6.45) is 2.98. The van der Waals surface area contributed by atoms with Crippen molar-refractivity contribution in [2.75, 3.05) is 19.6 Å². The molecule has 0 unspecified atom stereocenters. The van der Waals surface area contributed by atoms with Gasteiger partial charge in [0, 0.05) is 31.2 Å². The van der Waals surface area contributed by atoms with Crippen molar-refractivity contribution in [2.24, 2.45) is 4.99 Å². The second-order valence-corrected chi connectivity index (χ2v) is 7.27. The fraction of sp³-hybridized carbons (Fsp3) is 0.368. The number of hydrogen-bond acceptors (Lipinski definition) is 4. The van der Waals surface area contributed by atoms with Gasteiger partial charge in [-0.15, -0.1) is 11.3 Å². The molecule has 0 saturated carbocycles. The highest BCUT2D eigenvalue weighted by Gasteiger charge is 2.26. The third kappa shape index (κ3) is 3.08. The largest absolute Gasteiger partial charge is 0.356 e. The van der Waals surface area contributed by atoms with Crippen molar-refractivity contribution in [3.63, 3.8) is 0 Å². The first-order chi connectivity index (χ1) is 11.8. The van der Waals surface area contributed by atoms with Crippen LogP contribution in [0.25, 0.3) is 0 Å². The summed E-state index contributed by atoms with van der Waals surface area (Å²) in [4.78, 5) is 20.1. The molecular weight excluding hydrogens is 318 g/mol. The maximum atomic E-state index is 12.2. The Labute approximate surface area is 146 Å². The Kier molecular flexibility index (Phi) is 4.34. The first kappa shape index (κ1) is 15.4. The highest BCUT2D eigenvalue weighted by Crippen LogP contribution is 2.21. The fourth-order valence-electron chi connectivity index (χ4n) is 3.49. The van der Waals surface area contributed by atoms with Crippen molar-refractivity contribution in [1.29, 1.82) is 0 Å². The SMILES string of the molecule is O=C(NC1CCN(C2=NCCc3ccccc32)CC1)c1cccs1. The van der Waals surface area contributed by atoms with E-state index in [0.717, 1.165) is 49.6 Å². The highest BCUT2D eigenvalue weighted by atomic mass is 32.1. The number of benzene rings is 1. The number of nitrogens with one attached hydrogen (secondary N) is 1. The predicted octanol–water partition coefficient (Wildman–Crippen LogP) is 2.95. The Morgan fingerprint density at radius 1 is 1.17 bits per heavy atom. The Balaban J connectivity index is 1.38. The number of thiophene rings is 1. The molecule has 1 aromatic carbocycles. The number of aliphatic imine (C=N–C) groups is 1. The van der Waals surface area contributed by atoms with Gasteiger partial charge in [0.1, 0.15) is 5.84 Å². The van der Waals surface area contributed by atoms with Crippen molar-refractivity contribution in [2.45, 2.75) is 25.3 Å². The molecule has 124 valence electrons. The van der Waals surface area contributed by atoms with Gasteiger partial charge in [-0.3, -0.25) is 9.79 Å². The van der Waals surface area contributed by atoms with Crippen LogP contribution < -0.4 is 5.32 Å². The van der Waals surface area contributed by atoms with E-state index in [1.165, 1.54) is 22.5 Å². The van der Waals surface area contributed by atoms with Crippen molar-refractivity contribution in [1.82, 2.24) is 10.2 Å². The number of hydrogen-bond donors (Lipinski definition) is 1. The van der Waals surface area contributed by atoms with E-state index in [9.17, 15) is 4.79 Å². The maximum Gasteiger partial charge on any atom is 0.261 e. The molecule has 3 heterocycles. The van der Waals surface area contributed by atoms with E-state index in [2.05, 4.69) is 34.5 Å². The monoisotopic (exact) mass is 339 g/mol. The molecule has 1 saturated heterocycles. The van der Waals surface area contributed by atoms with Crippen LogP contribution in [0.4, 0.5) is 0 Å². The average molecular weight is 339 g/mol. The summed E-state index contributed by atoms with van der Waals surface area (Å²) in [6.45, 7) is 2.77. The molecular formula is C19H21N3OS. The van der Waals surface area contributed by atoms with Gasteiger partial charge in [0.05, 0.1) is 4.88 Å². The smallest absolute Gasteiger partial charge is 0.261 e. The Bertz CT molecular complexity index is 746. The third-order valence-corrected chi connectivity index (χ3v) is 5.64. The van der Waals surface area contributed by atoms with Gasteiger partial charge >= 0.3 is 0 Å². The summed E-state index contributed by atoms with van der Waals surface area (Å²) in [5.41, 5.74) is 2.68. The van der Waals surface area contributed by atoms with Crippen LogP contribution in [-0.4, -0.2) is 42.3 Å². The molecule has 2 aromatic rings. The summed E-state index contributed by atoms with van der Waals surface area (Å²) in [6, 6.07) is 12.6. The van der Waals surface area contributed by atoms with Crippen LogP contribution in [0.3, 0.4) is 0 Å². The first-order valence-corrected chi connectivity index (χ1v) is 9.41. The summed E-state index contributed by atoms with van der Waals surface area (Å²) in [5, 5.41) is 5.11. The molecule has 1 amide bonds. The summed E-state index contributed by atoms with van der Waals surface area (Å²) in [7, 11) is 0. The molecule has 0 spiro atoms. The van der Waals surface area contributed by atoms with Gasteiger partial charge in [0.25, 0.3) is 5.91 Å². The minimum atomic E-state index is 0.0591. The first-order valence-electron chi connectivity index (χ1n) is 8.53. The lowest BCUT2D eigenvalue weighted by molar-refractivity contribution is 0.0926. The molecule has 1 N–H and O–H groups in total. The Morgan fingerprint density at radius 2 is 2.00 bits per heavy atom. The lowest BCUT2D eigenvalue weighted by atomic mass is 9.98. The molecule has 0 atom stereocenters. The summed E-state index contributed by atoms with van der Waals surface area (Å²) in [5.74, 6) is 1.20. The Morgan fingerprint density at radius 3 is 2.79 bits per heavy atom.